The normalized spacial score (nSPS) is 21.0. The van der Waals surface area contributed by atoms with Crippen LogP contribution in [0.3, 0.4) is 0 Å². The van der Waals surface area contributed by atoms with E-state index in [0.29, 0.717) is 23.8 Å². The lowest BCUT2D eigenvalue weighted by Gasteiger charge is -2.13. The van der Waals surface area contributed by atoms with Crippen molar-refractivity contribution in [3.63, 3.8) is 0 Å². The number of methoxy groups -OCH3 is 1. The second-order valence-corrected chi connectivity index (χ2v) is 5.99. The number of aromatic nitrogens is 5. The molecule has 2 aromatic heterocycles. The third-order valence-electron chi connectivity index (χ3n) is 4.39. The summed E-state index contributed by atoms with van der Waals surface area (Å²) in [6, 6.07) is 6.00. The van der Waals surface area contributed by atoms with Crippen LogP contribution in [0.25, 0.3) is 11.4 Å². The summed E-state index contributed by atoms with van der Waals surface area (Å²) in [7, 11) is 1.70. The largest absolute Gasteiger partial charge is 0.379 e. The third-order valence-corrected chi connectivity index (χ3v) is 4.39. The van der Waals surface area contributed by atoms with Gasteiger partial charge in [0.1, 0.15) is 5.82 Å². The Morgan fingerprint density at radius 1 is 1.32 bits per heavy atom. The van der Waals surface area contributed by atoms with E-state index in [-0.39, 0.29) is 17.8 Å². The van der Waals surface area contributed by atoms with E-state index >= 15 is 0 Å². The van der Waals surface area contributed by atoms with Gasteiger partial charge in [-0.15, -0.1) is 0 Å². The fourth-order valence-corrected chi connectivity index (χ4v) is 3.12. The Hall–Kier alpha value is -2.65. The van der Waals surface area contributed by atoms with E-state index in [1.807, 2.05) is 0 Å². The van der Waals surface area contributed by atoms with Gasteiger partial charge in [-0.1, -0.05) is 5.16 Å². The molecule has 0 amide bonds. The number of H-pyrrole nitrogens is 1. The Morgan fingerprint density at radius 2 is 2.16 bits per heavy atom. The minimum Gasteiger partial charge on any atom is -0.379 e. The van der Waals surface area contributed by atoms with Gasteiger partial charge < -0.3 is 9.26 Å². The zero-order valence-corrected chi connectivity index (χ0v) is 13.6. The first kappa shape index (κ1) is 15.9. The fourth-order valence-electron chi connectivity index (χ4n) is 3.12. The average molecular weight is 344 g/mol. The molecule has 0 radical (unpaired) electrons. The first-order chi connectivity index (χ1) is 12.2. The molecule has 0 unspecified atom stereocenters. The lowest BCUT2D eigenvalue weighted by Crippen LogP contribution is -2.22. The second kappa shape index (κ2) is 6.69. The summed E-state index contributed by atoms with van der Waals surface area (Å²) >= 11 is 0. The molecule has 25 heavy (non-hydrogen) atoms. The first-order valence-corrected chi connectivity index (χ1v) is 7.92. The van der Waals surface area contributed by atoms with Crippen molar-refractivity contribution in [3.05, 3.63) is 47.9 Å². The molecule has 1 aliphatic heterocycles. The standard InChI is InChI=1S/C16H17FN6O2/c1-24-14-8-23(7-12(14)13-6-18-22-20-13)9-15-19-16(21-25-15)10-2-4-11(17)5-3-10/h2-6,12,14H,7-9H2,1H3,(H,18,20,22)/t12-,14+/m0/s1. The van der Waals surface area contributed by atoms with Gasteiger partial charge >= 0.3 is 0 Å². The molecule has 130 valence electrons. The number of ether oxygens (including phenoxy) is 1. The summed E-state index contributed by atoms with van der Waals surface area (Å²) in [5.74, 6) is 0.804. The van der Waals surface area contributed by atoms with Crippen molar-refractivity contribution in [2.24, 2.45) is 0 Å². The maximum atomic E-state index is 13.0. The fraction of sp³-hybridized carbons (Fsp3) is 0.375. The van der Waals surface area contributed by atoms with Gasteiger partial charge in [-0.25, -0.2) is 4.39 Å². The summed E-state index contributed by atoms with van der Waals surface area (Å²) in [6.45, 7) is 2.02. The average Bonchev–Trinajstić information content (AvgIpc) is 3.36. The van der Waals surface area contributed by atoms with Crippen LogP contribution < -0.4 is 0 Å². The van der Waals surface area contributed by atoms with Gasteiger partial charge in [0.2, 0.25) is 11.7 Å². The lowest BCUT2D eigenvalue weighted by molar-refractivity contribution is 0.0946. The van der Waals surface area contributed by atoms with Crippen LogP contribution in [0.4, 0.5) is 4.39 Å². The third kappa shape index (κ3) is 3.28. The van der Waals surface area contributed by atoms with Crippen molar-refractivity contribution in [3.8, 4) is 11.4 Å². The van der Waals surface area contributed by atoms with E-state index in [4.69, 9.17) is 9.26 Å². The minimum absolute atomic E-state index is 0.0320. The number of nitrogens with one attached hydrogen (secondary N) is 1. The highest BCUT2D eigenvalue weighted by atomic mass is 19.1. The highest BCUT2D eigenvalue weighted by Gasteiger charge is 2.36. The molecular weight excluding hydrogens is 327 g/mol. The molecule has 2 atom stereocenters. The summed E-state index contributed by atoms with van der Waals surface area (Å²) in [5.41, 5.74) is 1.60. The number of benzene rings is 1. The lowest BCUT2D eigenvalue weighted by atomic mass is 10.0. The molecule has 4 rings (SSSR count). The summed E-state index contributed by atoms with van der Waals surface area (Å²) in [4.78, 5) is 6.57. The van der Waals surface area contributed by atoms with Crippen LogP contribution >= 0.6 is 0 Å². The van der Waals surface area contributed by atoms with E-state index in [1.54, 1.807) is 25.4 Å². The first-order valence-electron chi connectivity index (χ1n) is 7.92. The molecule has 0 saturated carbocycles. The van der Waals surface area contributed by atoms with Crippen LogP contribution in [0.15, 0.2) is 35.0 Å². The van der Waals surface area contributed by atoms with Gasteiger partial charge in [-0.3, -0.25) is 4.90 Å². The molecule has 0 spiro atoms. The van der Waals surface area contributed by atoms with Crippen LogP contribution in [0, 0.1) is 5.82 Å². The summed E-state index contributed by atoms with van der Waals surface area (Å²) in [5, 5.41) is 14.6. The SMILES string of the molecule is CO[C@@H]1CN(Cc2nc(-c3ccc(F)cc3)no2)C[C@H]1c1cn[nH]n1. The zero-order valence-electron chi connectivity index (χ0n) is 13.6. The molecule has 0 bridgehead atoms. The van der Waals surface area contributed by atoms with E-state index in [1.165, 1.54) is 12.1 Å². The maximum absolute atomic E-state index is 13.0. The van der Waals surface area contributed by atoms with Crippen molar-refractivity contribution < 1.29 is 13.7 Å². The van der Waals surface area contributed by atoms with Crippen molar-refractivity contribution in [1.82, 2.24) is 30.5 Å². The number of nitrogens with zero attached hydrogens (tertiary/aromatic N) is 5. The van der Waals surface area contributed by atoms with Gasteiger partial charge in [0.15, 0.2) is 0 Å². The molecule has 0 aliphatic carbocycles. The van der Waals surface area contributed by atoms with Crippen molar-refractivity contribution >= 4 is 0 Å². The topological polar surface area (TPSA) is 93.0 Å². The van der Waals surface area contributed by atoms with E-state index in [0.717, 1.165) is 18.8 Å². The molecule has 1 N–H and O–H groups in total. The summed E-state index contributed by atoms with van der Waals surface area (Å²) in [6.07, 6.45) is 1.75. The highest BCUT2D eigenvalue weighted by Crippen LogP contribution is 2.29. The molecule has 3 heterocycles. The number of halogens is 1. The predicted octanol–water partition coefficient (Wildman–Crippen LogP) is 1.61. The number of hydrogen-bond donors (Lipinski definition) is 1. The van der Waals surface area contributed by atoms with Crippen LogP contribution in [0.5, 0.6) is 0 Å². The van der Waals surface area contributed by atoms with Gasteiger partial charge in [0, 0.05) is 31.7 Å². The molecule has 1 fully saturated rings. The predicted molar refractivity (Wildman–Crippen MR) is 84.9 cm³/mol. The van der Waals surface area contributed by atoms with Crippen molar-refractivity contribution in [2.45, 2.75) is 18.6 Å². The maximum Gasteiger partial charge on any atom is 0.241 e. The Labute approximate surface area is 143 Å². The molecule has 1 aromatic carbocycles. The van der Waals surface area contributed by atoms with Gasteiger partial charge in [0.25, 0.3) is 0 Å². The Morgan fingerprint density at radius 3 is 2.88 bits per heavy atom. The summed E-state index contributed by atoms with van der Waals surface area (Å²) < 4.78 is 23.9. The molecular formula is C16H17FN6O2. The van der Waals surface area contributed by atoms with Crippen molar-refractivity contribution in [2.75, 3.05) is 20.2 Å². The molecule has 3 aromatic rings. The quantitative estimate of drug-likeness (QED) is 0.751. The zero-order chi connectivity index (χ0) is 17.2. The second-order valence-electron chi connectivity index (χ2n) is 5.99. The minimum atomic E-state index is -0.297. The Kier molecular flexibility index (Phi) is 4.24. The smallest absolute Gasteiger partial charge is 0.241 e. The Bertz CT molecular complexity index is 820. The van der Waals surface area contributed by atoms with Gasteiger partial charge in [-0.05, 0) is 24.3 Å². The Balaban J connectivity index is 1.45. The van der Waals surface area contributed by atoms with E-state index < -0.39 is 0 Å². The molecule has 8 nitrogen and oxygen atoms in total. The van der Waals surface area contributed by atoms with Gasteiger partial charge in [0.05, 0.1) is 24.5 Å². The number of rotatable bonds is 5. The van der Waals surface area contributed by atoms with E-state index in [9.17, 15) is 4.39 Å². The van der Waals surface area contributed by atoms with Crippen LogP contribution in [-0.4, -0.2) is 56.8 Å². The number of likely N-dealkylation sites (tertiary alicyclic amines) is 1. The number of hydrogen-bond acceptors (Lipinski definition) is 7. The van der Waals surface area contributed by atoms with Crippen LogP contribution in [0.1, 0.15) is 17.5 Å². The van der Waals surface area contributed by atoms with Crippen LogP contribution in [-0.2, 0) is 11.3 Å². The highest BCUT2D eigenvalue weighted by molar-refractivity contribution is 5.53. The monoisotopic (exact) mass is 344 g/mol. The van der Waals surface area contributed by atoms with Crippen molar-refractivity contribution in [1.29, 1.82) is 0 Å². The van der Waals surface area contributed by atoms with E-state index in [2.05, 4.69) is 30.5 Å². The number of aromatic amines is 1. The molecule has 1 saturated heterocycles. The molecule has 9 heteroatoms. The van der Waals surface area contributed by atoms with Gasteiger partial charge in [-0.2, -0.15) is 20.4 Å². The van der Waals surface area contributed by atoms with Crippen LogP contribution in [0.2, 0.25) is 0 Å². The molecule has 1 aliphatic rings.